The molecule has 6 nitrogen and oxygen atoms in total. The molecular formula is C21H19ClFN3O3. The lowest BCUT2D eigenvalue weighted by atomic mass is 10.2. The number of nitrogens with zero attached hydrogens (tertiary/aromatic N) is 3. The zero-order valence-electron chi connectivity index (χ0n) is 15.9. The molecule has 0 saturated carbocycles. The highest BCUT2D eigenvalue weighted by atomic mass is 35.5. The number of carbonyl (C=O) groups is 2. The van der Waals surface area contributed by atoms with Gasteiger partial charge in [0.05, 0.1) is 17.6 Å². The van der Waals surface area contributed by atoms with Crippen molar-refractivity contribution in [3.8, 4) is 5.69 Å². The summed E-state index contributed by atoms with van der Waals surface area (Å²) >= 11 is 5.98. The van der Waals surface area contributed by atoms with E-state index in [1.165, 1.54) is 30.3 Å². The van der Waals surface area contributed by atoms with E-state index in [9.17, 15) is 14.0 Å². The zero-order valence-corrected chi connectivity index (χ0v) is 16.7. The third-order valence-electron chi connectivity index (χ3n) is 4.44. The Bertz CT molecular complexity index is 1020. The molecule has 0 fully saturated rings. The molecule has 8 heteroatoms. The minimum atomic E-state index is -0.657. The van der Waals surface area contributed by atoms with Gasteiger partial charge in [-0.1, -0.05) is 35.9 Å². The standard InChI is InChI=1S/C21H19ClFN3O3/c1-14-16(11-24-26(14)15-7-4-3-5-8-15)21(28)29-13-20(27)25(2)12-17-18(22)9-6-10-19(17)23/h3-11H,12-13H2,1-2H3. The van der Waals surface area contributed by atoms with Gasteiger partial charge < -0.3 is 9.64 Å². The van der Waals surface area contributed by atoms with Crippen molar-refractivity contribution in [2.45, 2.75) is 13.5 Å². The SMILES string of the molecule is Cc1c(C(=O)OCC(=O)N(C)Cc2c(F)cccc2Cl)cnn1-c1ccccc1. The average molecular weight is 416 g/mol. The number of likely N-dealkylation sites (N-methyl/N-ethyl adjacent to an activating group) is 1. The van der Waals surface area contributed by atoms with Crippen molar-refractivity contribution in [3.63, 3.8) is 0 Å². The zero-order chi connectivity index (χ0) is 21.0. The van der Waals surface area contributed by atoms with Crippen molar-refractivity contribution in [3.05, 3.63) is 82.4 Å². The van der Waals surface area contributed by atoms with Crippen LogP contribution in [0, 0.1) is 12.7 Å². The summed E-state index contributed by atoms with van der Waals surface area (Å²) in [5.41, 5.74) is 1.87. The molecule has 0 bridgehead atoms. The summed E-state index contributed by atoms with van der Waals surface area (Å²) in [5, 5.41) is 4.44. The van der Waals surface area contributed by atoms with Crippen molar-refractivity contribution in [1.82, 2.24) is 14.7 Å². The highest BCUT2D eigenvalue weighted by Crippen LogP contribution is 2.20. The summed E-state index contributed by atoms with van der Waals surface area (Å²) in [6.07, 6.45) is 1.40. The van der Waals surface area contributed by atoms with Gasteiger partial charge in [0, 0.05) is 24.2 Å². The van der Waals surface area contributed by atoms with Crippen LogP contribution in [0.1, 0.15) is 21.6 Å². The number of benzene rings is 2. The number of amides is 1. The molecule has 0 spiro atoms. The van der Waals surface area contributed by atoms with E-state index in [-0.39, 0.29) is 22.7 Å². The number of rotatable bonds is 6. The van der Waals surface area contributed by atoms with Crippen LogP contribution in [-0.2, 0) is 16.1 Å². The first-order valence-electron chi connectivity index (χ1n) is 8.82. The van der Waals surface area contributed by atoms with Gasteiger partial charge in [-0.25, -0.2) is 13.9 Å². The van der Waals surface area contributed by atoms with E-state index in [1.807, 2.05) is 30.3 Å². The van der Waals surface area contributed by atoms with Gasteiger partial charge in [-0.05, 0) is 31.2 Å². The quantitative estimate of drug-likeness (QED) is 0.574. The number of halogens is 2. The van der Waals surface area contributed by atoms with Crippen molar-refractivity contribution in [2.24, 2.45) is 0 Å². The molecule has 1 heterocycles. The Labute approximate surface area is 172 Å². The van der Waals surface area contributed by atoms with Crippen molar-refractivity contribution >= 4 is 23.5 Å². The van der Waals surface area contributed by atoms with Gasteiger partial charge in [0.25, 0.3) is 5.91 Å². The smallest absolute Gasteiger partial charge is 0.342 e. The molecule has 3 aromatic rings. The highest BCUT2D eigenvalue weighted by Gasteiger charge is 2.20. The van der Waals surface area contributed by atoms with Crippen molar-refractivity contribution in [1.29, 1.82) is 0 Å². The van der Waals surface area contributed by atoms with Gasteiger partial charge in [0.1, 0.15) is 11.4 Å². The number of hydrogen-bond donors (Lipinski definition) is 0. The fourth-order valence-corrected chi connectivity index (χ4v) is 2.99. The topological polar surface area (TPSA) is 64.4 Å². The number of aromatic nitrogens is 2. The number of ether oxygens (including phenoxy) is 1. The van der Waals surface area contributed by atoms with Crippen molar-refractivity contribution in [2.75, 3.05) is 13.7 Å². The molecule has 0 unspecified atom stereocenters. The Morgan fingerprint density at radius 2 is 1.90 bits per heavy atom. The summed E-state index contributed by atoms with van der Waals surface area (Å²) < 4.78 is 20.6. The van der Waals surface area contributed by atoms with Gasteiger partial charge >= 0.3 is 5.97 Å². The normalized spacial score (nSPS) is 10.6. The molecule has 2 aromatic carbocycles. The fourth-order valence-electron chi connectivity index (χ4n) is 2.76. The Hall–Kier alpha value is -3.19. The number of hydrogen-bond acceptors (Lipinski definition) is 4. The van der Waals surface area contributed by atoms with E-state index in [2.05, 4.69) is 5.10 Å². The maximum atomic E-state index is 13.9. The van der Waals surface area contributed by atoms with E-state index in [1.54, 1.807) is 17.7 Å². The second-order valence-corrected chi connectivity index (χ2v) is 6.82. The van der Waals surface area contributed by atoms with Crippen LogP contribution in [0.3, 0.4) is 0 Å². The molecule has 0 aliphatic carbocycles. The summed E-state index contributed by atoms with van der Waals surface area (Å²) in [7, 11) is 1.48. The van der Waals surface area contributed by atoms with Gasteiger partial charge in [-0.3, -0.25) is 4.79 Å². The third kappa shape index (κ3) is 4.63. The summed E-state index contributed by atoms with van der Waals surface area (Å²) in [5.74, 6) is -1.64. The minimum absolute atomic E-state index is 0.0349. The Morgan fingerprint density at radius 1 is 1.17 bits per heavy atom. The highest BCUT2D eigenvalue weighted by molar-refractivity contribution is 6.31. The maximum absolute atomic E-state index is 13.9. The van der Waals surface area contributed by atoms with E-state index in [0.29, 0.717) is 5.69 Å². The van der Waals surface area contributed by atoms with Crippen LogP contribution in [0.25, 0.3) is 5.69 Å². The van der Waals surface area contributed by atoms with E-state index in [0.717, 1.165) is 5.69 Å². The molecule has 29 heavy (non-hydrogen) atoms. The molecule has 150 valence electrons. The first-order chi connectivity index (χ1) is 13.9. The molecule has 3 rings (SSSR count). The van der Waals surface area contributed by atoms with E-state index >= 15 is 0 Å². The van der Waals surface area contributed by atoms with Crippen LogP contribution in [0.15, 0.2) is 54.7 Å². The Kier molecular flexibility index (Phi) is 6.29. The monoisotopic (exact) mass is 415 g/mol. The predicted octanol–water partition coefficient (Wildman–Crippen LogP) is 3.79. The number of carbonyl (C=O) groups excluding carboxylic acids is 2. The lowest BCUT2D eigenvalue weighted by molar-refractivity contribution is -0.133. The van der Waals surface area contributed by atoms with Crippen LogP contribution in [-0.4, -0.2) is 40.2 Å². The third-order valence-corrected chi connectivity index (χ3v) is 4.79. The Morgan fingerprint density at radius 3 is 2.59 bits per heavy atom. The molecule has 0 aliphatic rings. The Balaban J connectivity index is 1.62. The minimum Gasteiger partial charge on any atom is -0.452 e. The second-order valence-electron chi connectivity index (χ2n) is 6.42. The number of para-hydroxylation sites is 1. The van der Waals surface area contributed by atoms with Gasteiger partial charge in [0.2, 0.25) is 0 Å². The summed E-state index contributed by atoms with van der Waals surface area (Å²) in [6, 6.07) is 13.6. The lowest BCUT2D eigenvalue weighted by Gasteiger charge is -2.18. The van der Waals surface area contributed by atoms with Crippen LogP contribution in [0.4, 0.5) is 4.39 Å². The van der Waals surface area contributed by atoms with Crippen LogP contribution in [0.5, 0.6) is 0 Å². The largest absolute Gasteiger partial charge is 0.452 e. The molecular weight excluding hydrogens is 397 g/mol. The van der Waals surface area contributed by atoms with Crippen LogP contribution < -0.4 is 0 Å². The second kappa shape index (κ2) is 8.87. The lowest BCUT2D eigenvalue weighted by Crippen LogP contribution is -2.31. The molecule has 0 radical (unpaired) electrons. The molecule has 0 atom stereocenters. The van der Waals surface area contributed by atoms with Crippen LogP contribution >= 0.6 is 11.6 Å². The van der Waals surface area contributed by atoms with Gasteiger partial charge in [0.15, 0.2) is 6.61 Å². The summed E-state index contributed by atoms with van der Waals surface area (Å²) in [6.45, 7) is 1.23. The first kappa shape index (κ1) is 20.5. The van der Waals surface area contributed by atoms with E-state index in [4.69, 9.17) is 16.3 Å². The molecule has 0 aliphatic heterocycles. The predicted molar refractivity (Wildman–Crippen MR) is 106 cm³/mol. The summed E-state index contributed by atoms with van der Waals surface area (Å²) in [4.78, 5) is 25.9. The fraction of sp³-hybridized carbons (Fsp3) is 0.190. The van der Waals surface area contributed by atoms with Crippen molar-refractivity contribution < 1.29 is 18.7 Å². The number of esters is 1. The van der Waals surface area contributed by atoms with Crippen LogP contribution in [0.2, 0.25) is 5.02 Å². The molecule has 1 amide bonds. The first-order valence-corrected chi connectivity index (χ1v) is 9.20. The molecule has 0 N–H and O–H groups in total. The van der Waals surface area contributed by atoms with Gasteiger partial charge in [-0.15, -0.1) is 0 Å². The average Bonchev–Trinajstić information content (AvgIpc) is 3.10. The maximum Gasteiger partial charge on any atom is 0.342 e. The van der Waals surface area contributed by atoms with Gasteiger partial charge in [-0.2, -0.15) is 5.10 Å². The molecule has 1 aromatic heterocycles. The molecule has 0 saturated heterocycles. The van der Waals surface area contributed by atoms with E-state index < -0.39 is 24.3 Å².